The minimum atomic E-state index is 0.537. The molecular weight excluding hydrogens is 424 g/mol. The molecule has 0 atom stereocenters. The van der Waals surface area contributed by atoms with Crippen LogP contribution in [-0.2, 0) is 0 Å². The van der Waals surface area contributed by atoms with Gasteiger partial charge in [0.2, 0.25) is 0 Å². The zero-order chi connectivity index (χ0) is 23.7. The predicted molar refractivity (Wildman–Crippen MR) is 137 cm³/mol. The number of hydrogen-bond acceptors (Lipinski definition) is 5. The molecule has 3 aromatic carbocycles. The van der Waals surface area contributed by atoms with E-state index in [2.05, 4.69) is 60.4 Å². The number of methoxy groups -OCH3 is 1. The van der Waals surface area contributed by atoms with Crippen LogP contribution in [0.3, 0.4) is 0 Å². The lowest BCUT2D eigenvalue weighted by Gasteiger charge is -2.17. The van der Waals surface area contributed by atoms with Crippen LogP contribution in [0.5, 0.6) is 11.5 Å². The monoisotopic (exact) mass is 452 g/mol. The van der Waals surface area contributed by atoms with Crippen molar-refractivity contribution in [2.75, 3.05) is 20.3 Å². The minimum Gasteiger partial charge on any atom is -0.496 e. The van der Waals surface area contributed by atoms with Gasteiger partial charge in [-0.25, -0.2) is 0 Å². The molecule has 0 aliphatic heterocycles. The van der Waals surface area contributed by atoms with Crippen LogP contribution in [0.2, 0.25) is 0 Å². The molecule has 0 aliphatic rings. The Bertz CT molecular complexity index is 1470. The van der Waals surface area contributed by atoms with Crippen molar-refractivity contribution in [1.82, 2.24) is 15.2 Å². The second-order valence-corrected chi connectivity index (χ2v) is 8.61. The van der Waals surface area contributed by atoms with E-state index in [0.29, 0.717) is 13.2 Å². The van der Waals surface area contributed by atoms with Gasteiger partial charge in [-0.3, -0.25) is 10.1 Å². The number of aromatic nitrogens is 3. The van der Waals surface area contributed by atoms with E-state index in [1.807, 2.05) is 24.5 Å². The van der Waals surface area contributed by atoms with Gasteiger partial charge in [0.1, 0.15) is 11.5 Å². The van der Waals surface area contributed by atoms with Crippen molar-refractivity contribution >= 4 is 21.8 Å². The van der Waals surface area contributed by atoms with Crippen LogP contribution in [0.4, 0.5) is 0 Å². The van der Waals surface area contributed by atoms with Gasteiger partial charge in [0.25, 0.3) is 0 Å². The zero-order valence-corrected chi connectivity index (χ0v) is 19.7. The van der Waals surface area contributed by atoms with Gasteiger partial charge in [-0.05, 0) is 56.1 Å². The van der Waals surface area contributed by atoms with E-state index in [-0.39, 0.29) is 0 Å². The molecule has 0 saturated carbocycles. The van der Waals surface area contributed by atoms with Crippen molar-refractivity contribution in [1.29, 1.82) is 0 Å². The Kier molecular flexibility index (Phi) is 5.90. The van der Waals surface area contributed by atoms with E-state index in [9.17, 15) is 0 Å². The van der Waals surface area contributed by atoms with Crippen LogP contribution in [-0.4, -0.2) is 35.4 Å². The number of aryl methyl sites for hydroxylation is 2. The molecular formula is C28H28N4O2. The number of fused-ring (bicyclic) bond motifs is 2. The van der Waals surface area contributed by atoms with Gasteiger partial charge in [-0.2, -0.15) is 5.10 Å². The summed E-state index contributed by atoms with van der Waals surface area (Å²) in [6, 6.07) is 16.8. The Hall–Kier alpha value is -3.90. The zero-order valence-electron chi connectivity index (χ0n) is 19.7. The summed E-state index contributed by atoms with van der Waals surface area (Å²) in [7, 11) is 1.68. The lowest BCUT2D eigenvalue weighted by molar-refractivity contribution is 0.318. The van der Waals surface area contributed by atoms with Gasteiger partial charge >= 0.3 is 0 Å². The standard InChI is InChI=1S/C28H28N4O2/c1-17-9-18(2)11-20(10-17)24-16-30-26-14-27(33-3)22(13-23(26)28(24)34-8-4-7-29)19-5-6-25-21(12-19)15-31-32-25/h5-6,9-16H,4,7-8,29H2,1-3H3,(H,31,32). The SMILES string of the molecule is COc1cc2ncc(-c3cc(C)cc(C)c3)c(OCCCN)c2cc1-c1ccc2[nH]ncc2c1. The first-order valence-electron chi connectivity index (χ1n) is 11.4. The van der Waals surface area contributed by atoms with Crippen molar-refractivity contribution in [3.8, 4) is 33.8 Å². The Labute approximate surface area is 198 Å². The van der Waals surface area contributed by atoms with Crippen molar-refractivity contribution < 1.29 is 9.47 Å². The van der Waals surface area contributed by atoms with E-state index in [1.54, 1.807) is 7.11 Å². The summed E-state index contributed by atoms with van der Waals surface area (Å²) in [4.78, 5) is 4.79. The predicted octanol–water partition coefficient (Wildman–Crippen LogP) is 5.80. The molecule has 34 heavy (non-hydrogen) atoms. The lowest BCUT2D eigenvalue weighted by Crippen LogP contribution is -2.07. The molecule has 2 heterocycles. The van der Waals surface area contributed by atoms with Crippen molar-refractivity contribution in [2.24, 2.45) is 5.73 Å². The van der Waals surface area contributed by atoms with Crippen molar-refractivity contribution in [3.63, 3.8) is 0 Å². The third-order valence-electron chi connectivity index (χ3n) is 6.02. The Morgan fingerprint density at radius 1 is 0.912 bits per heavy atom. The molecule has 3 N–H and O–H groups in total. The second kappa shape index (κ2) is 9.15. The fourth-order valence-corrected chi connectivity index (χ4v) is 4.45. The number of H-pyrrole nitrogens is 1. The summed E-state index contributed by atoms with van der Waals surface area (Å²) in [6.07, 6.45) is 4.49. The molecule has 0 radical (unpaired) electrons. The summed E-state index contributed by atoms with van der Waals surface area (Å²) in [5.74, 6) is 1.58. The number of rotatable bonds is 7. The van der Waals surface area contributed by atoms with Gasteiger partial charge in [0, 0.05) is 34.2 Å². The number of hydrogen-bond donors (Lipinski definition) is 2. The molecule has 5 rings (SSSR count). The highest BCUT2D eigenvalue weighted by molar-refractivity contribution is 5.98. The average molecular weight is 453 g/mol. The van der Waals surface area contributed by atoms with Crippen molar-refractivity contribution in [3.05, 3.63) is 72.1 Å². The highest BCUT2D eigenvalue weighted by Gasteiger charge is 2.17. The van der Waals surface area contributed by atoms with Crippen LogP contribution >= 0.6 is 0 Å². The fraction of sp³-hybridized carbons (Fsp3) is 0.214. The number of pyridine rings is 1. The fourth-order valence-electron chi connectivity index (χ4n) is 4.45. The molecule has 0 amide bonds. The Morgan fingerprint density at radius 2 is 1.74 bits per heavy atom. The van der Waals surface area contributed by atoms with Gasteiger partial charge in [0.05, 0.1) is 30.9 Å². The molecule has 172 valence electrons. The number of nitrogens with zero attached hydrogens (tertiary/aromatic N) is 2. The van der Waals surface area contributed by atoms with Gasteiger partial charge in [-0.15, -0.1) is 0 Å². The van der Waals surface area contributed by atoms with Crippen LogP contribution < -0.4 is 15.2 Å². The summed E-state index contributed by atoms with van der Waals surface area (Å²) >= 11 is 0. The molecule has 2 aromatic heterocycles. The third-order valence-corrected chi connectivity index (χ3v) is 6.02. The summed E-state index contributed by atoms with van der Waals surface area (Å²) in [5, 5.41) is 9.14. The number of aromatic amines is 1. The molecule has 6 heteroatoms. The topological polar surface area (TPSA) is 86.0 Å². The maximum absolute atomic E-state index is 6.37. The maximum atomic E-state index is 6.37. The van der Waals surface area contributed by atoms with Gasteiger partial charge in [-0.1, -0.05) is 35.4 Å². The molecule has 0 aliphatic carbocycles. The van der Waals surface area contributed by atoms with E-state index < -0.39 is 0 Å². The van der Waals surface area contributed by atoms with Crippen LogP contribution in [0.1, 0.15) is 17.5 Å². The lowest BCUT2D eigenvalue weighted by atomic mass is 9.97. The summed E-state index contributed by atoms with van der Waals surface area (Å²) in [6.45, 7) is 5.32. The normalized spacial score (nSPS) is 11.3. The first kappa shape index (κ1) is 21.9. The first-order chi connectivity index (χ1) is 16.6. The van der Waals surface area contributed by atoms with Gasteiger partial charge in [0.15, 0.2) is 0 Å². The number of nitrogens with two attached hydrogens (primary N) is 1. The molecule has 0 fully saturated rings. The highest BCUT2D eigenvalue weighted by Crippen LogP contribution is 2.42. The largest absolute Gasteiger partial charge is 0.496 e. The van der Waals surface area contributed by atoms with Crippen LogP contribution in [0.25, 0.3) is 44.1 Å². The minimum absolute atomic E-state index is 0.537. The highest BCUT2D eigenvalue weighted by atomic mass is 16.5. The van der Waals surface area contributed by atoms with Crippen molar-refractivity contribution in [2.45, 2.75) is 20.3 Å². The number of ether oxygens (including phenoxy) is 2. The van der Waals surface area contributed by atoms with E-state index in [1.165, 1.54) is 11.1 Å². The van der Waals surface area contributed by atoms with Crippen LogP contribution in [0.15, 0.2) is 60.9 Å². The van der Waals surface area contributed by atoms with Gasteiger partial charge < -0.3 is 15.2 Å². The van der Waals surface area contributed by atoms with Crippen LogP contribution in [0, 0.1) is 13.8 Å². The molecule has 0 saturated heterocycles. The maximum Gasteiger partial charge on any atom is 0.138 e. The molecule has 5 aromatic rings. The molecule has 0 spiro atoms. The third kappa shape index (κ3) is 4.08. The summed E-state index contributed by atoms with van der Waals surface area (Å²) in [5.41, 5.74) is 14.0. The summed E-state index contributed by atoms with van der Waals surface area (Å²) < 4.78 is 12.1. The quantitative estimate of drug-likeness (QED) is 0.305. The second-order valence-electron chi connectivity index (χ2n) is 8.61. The molecule has 0 unspecified atom stereocenters. The van der Waals surface area contributed by atoms with E-state index >= 15 is 0 Å². The smallest absolute Gasteiger partial charge is 0.138 e. The van der Waals surface area contributed by atoms with E-state index in [4.69, 9.17) is 20.2 Å². The Morgan fingerprint density at radius 3 is 2.50 bits per heavy atom. The van der Waals surface area contributed by atoms with E-state index in [0.717, 1.165) is 62.0 Å². The first-order valence-corrected chi connectivity index (χ1v) is 11.4. The molecule has 6 nitrogen and oxygen atoms in total. The number of nitrogens with one attached hydrogen (secondary N) is 1. The molecule has 0 bridgehead atoms. The number of benzene rings is 3. The average Bonchev–Trinajstić information content (AvgIpc) is 3.30. The Balaban J connectivity index is 1.75.